The molecule has 0 saturated carbocycles. The van der Waals surface area contributed by atoms with Gasteiger partial charge in [0.05, 0.1) is 30.4 Å². The maximum atomic E-state index is 14.3. The van der Waals surface area contributed by atoms with Gasteiger partial charge in [0, 0.05) is 32.4 Å². The van der Waals surface area contributed by atoms with Crippen molar-refractivity contribution in [3.63, 3.8) is 0 Å². The zero-order chi connectivity index (χ0) is 31.0. The number of sulfonamides is 1. The van der Waals surface area contributed by atoms with E-state index < -0.39 is 53.2 Å². The van der Waals surface area contributed by atoms with E-state index in [4.69, 9.17) is 0 Å². The van der Waals surface area contributed by atoms with Crippen LogP contribution in [-0.2, 0) is 19.6 Å². The Morgan fingerprint density at radius 3 is 2.19 bits per heavy atom. The van der Waals surface area contributed by atoms with Crippen LogP contribution in [0.4, 0.5) is 18.9 Å². The lowest BCUT2D eigenvalue weighted by Gasteiger charge is -2.35. The molecule has 1 amide bonds. The number of likely N-dealkylation sites (tertiary alicyclic amines) is 1. The van der Waals surface area contributed by atoms with Gasteiger partial charge in [-0.1, -0.05) is 72.8 Å². The summed E-state index contributed by atoms with van der Waals surface area (Å²) in [5.74, 6) is -1.40. The fraction of sp³-hybridized carbons (Fsp3) is 0.387. The molecule has 1 saturated heterocycles. The van der Waals surface area contributed by atoms with Gasteiger partial charge in [-0.25, -0.2) is 8.42 Å². The fourth-order valence-electron chi connectivity index (χ4n) is 5.20. The molecule has 12 heteroatoms. The molecule has 3 aromatic rings. The summed E-state index contributed by atoms with van der Waals surface area (Å²) in [6, 6.07) is 25.0. The number of alkyl halides is 3. The molecule has 1 fully saturated rings. The van der Waals surface area contributed by atoms with Crippen LogP contribution in [0.15, 0.2) is 84.9 Å². The Hall–Kier alpha value is -3.45. The molecule has 8 nitrogen and oxygen atoms in total. The normalized spacial score (nSPS) is 16.7. The molecular formula is C31H36F3N3O5S. The number of halogens is 3. The number of rotatable bonds is 13. The lowest BCUT2D eigenvalue weighted by atomic mass is 9.89. The van der Waals surface area contributed by atoms with Gasteiger partial charge in [-0.2, -0.15) is 13.2 Å². The summed E-state index contributed by atoms with van der Waals surface area (Å²) >= 11 is 0. The monoisotopic (exact) mass is 619 g/mol. The number of benzene rings is 3. The van der Waals surface area contributed by atoms with Crippen LogP contribution >= 0.6 is 0 Å². The highest BCUT2D eigenvalue weighted by molar-refractivity contribution is 7.92. The number of likely N-dealkylation sites (N-methyl/N-ethyl adjacent to an activating group) is 1. The average molecular weight is 620 g/mol. The smallest absolute Gasteiger partial charge is 0.392 e. The molecule has 3 aromatic carbocycles. The Bertz CT molecular complexity index is 1400. The van der Waals surface area contributed by atoms with Gasteiger partial charge in [0.25, 0.3) is 0 Å². The van der Waals surface area contributed by atoms with Gasteiger partial charge in [-0.05, 0) is 35.2 Å². The van der Waals surface area contributed by atoms with Crippen molar-refractivity contribution >= 4 is 21.6 Å². The summed E-state index contributed by atoms with van der Waals surface area (Å²) in [4.78, 5) is 18.0. The third kappa shape index (κ3) is 9.52. The lowest BCUT2D eigenvalue weighted by molar-refractivity contribution is -0.172. The number of amides is 1. The highest BCUT2D eigenvalue weighted by Crippen LogP contribution is 2.32. The Balaban J connectivity index is 1.60. The minimum absolute atomic E-state index is 0.157. The summed E-state index contributed by atoms with van der Waals surface area (Å²) in [6.45, 7) is -0.657. The number of nitrogens with zero attached hydrogens (tertiary/aromatic N) is 2. The standard InChI is InChI=1S/C31H36F3N3O5S/c1-36(30(39)29(23-9-4-2-5-10-23)24-11-6-3-7-12-24)28(21-37-16-15-27(38)20-37)25-13-8-14-26(19-25)35-43(40,41)18-17-42-22-31(32,33)34/h2-14,19,27-29,35,38H,15-18,20-22H2,1H3/t27-,28-/m1/s1. The molecule has 1 heterocycles. The van der Waals surface area contributed by atoms with Gasteiger partial charge >= 0.3 is 6.18 Å². The van der Waals surface area contributed by atoms with Gasteiger partial charge in [0.15, 0.2) is 0 Å². The average Bonchev–Trinajstić information content (AvgIpc) is 3.39. The molecular weight excluding hydrogens is 583 g/mol. The third-order valence-corrected chi connectivity index (χ3v) is 8.56. The molecule has 0 unspecified atom stereocenters. The molecule has 0 aromatic heterocycles. The van der Waals surface area contributed by atoms with Crippen molar-refractivity contribution in [3.8, 4) is 0 Å². The molecule has 43 heavy (non-hydrogen) atoms. The molecule has 1 aliphatic heterocycles. The zero-order valence-electron chi connectivity index (χ0n) is 23.8. The molecule has 2 atom stereocenters. The van der Waals surface area contributed by atoms with E-state index in [9.17, 15) is 31.5 Å². The number of anilines is 1. The largest absolute Gasteiger partial charge is 0.411 e. The zero-order valence-corrected chi connectivity index (χ0v) is 24.6. The molecule has 0 bridgehead atoms. The van der Waals surface area contributed by atoms with E-state index in [2.05, 4.69) is 14.4 Å². The summed E-state index contributed by atoms with van der Waals surface area (Å²) in [7, 11) is -2.30. The number of carbonyl (C=O) groups excluding carboxylic acids is 1. The highest BCUT2D eigenvalue weighted by Gasteiger charge is 2.33. The molecule has 0 radical (unpaired) electrons. The maximum absolute atomic E-state index is 14.3. The number of nitrogens with one attached hydrogen (secondary N) is 1. The van der Waals surface area contributed by atoms with Crippen LogP contribution in [0.2, 0.25) is 0 Å². The van der Waals surface area contributed by atoms with Crippen molar-refractivity contribution in [2.24, 2.45) is 0 Å². The first-order valence-electron chi connectivity index (χ1n) is 13.9. The van der Waals surface area contributed by atoms with Crippen LogP contribution in [-0.4, -0.2) is 87.2 Å². The van der Waals surface area contributed by atoms with Gasteiger partial charge in [0.1, 0.15) is 6.61 Å². The topological polar surface area (TPSA) is 99.2 Å². The number of hydrogen-bond acceptors (Lipinski definition) is 6. The first kappa shape index (κ1) is 32.5. The summed E-state index contributed by atoms with van der Waals surface area (Å²) < 4.78 is 69.1. The first-order valence-corrected chi connectivity index (χ1v) is 15.6. The summed E-state index contributed by atoms with van der Waals surface area (Å²) in [6.07, 6.45) is -4.41. The van der Waals surface area contributed by atoms with Gasteiger partial charge in [0.2, 0.25) is 15.9 Å². The van der Waals surface area contributed by atoms with Crippen molar-refractivity contribution in [2.45, 2.75) is 30.7 Å². The number of β-amino-alcohol motifs (C(OH)–C–C–N with tert-alkyl or cyclic N) is 1. The van der Waals surface area contributed by atoms with Crippen LogP contribution in [0.1, 0.15) is 35.1 Å². The summed E-state index contributed by atoms with van der Waals surface area (Å²) in [5.41, 5.74) is 2.53. The van der Waals surface area contributed by atoms with Crippen molar-refractivity contribution in [3.05, 3.63) is 102 Å². The number of ether oxygens (including phenoxy) is 1. The quantitative estimate of drug-likeness (QED) is 0.275. The van der Waals surface area contributed by atoms with E-state index in [1.807, 2.05) is 60.7 Å². The maximum Gasteiger partial charge on any atom is 0.411 e. The van der Waals surface area contributed by atoms with E-state index in [0.717, 1.165) is 11.1 Å². The Morgan fingerprint density at radius 1 is 1.02 bits per heavy atom. The predicted octanol–water partition coefficient (Wildman–Crippen LogP) is 4.41. The van der Waals surface area contributed by atoms with Crippen molar-refractivity contribution in [1.82, 2.24) is 9.80 Å². The second kappa shape index (κ2) is 14.3. The Kier molecular flexibility index (Phi) is 10.8. The van der Waals surface area contributed by atoms with Crippen LogP contribution < -0.4 is 4.72 Å². The number of hydrogen-bond donors (Lipinski definition) is 2. The number of carbonyl (C=O) groups is 1. The first-order chi connectivity index (χ1) is 20.4. The molecule has 0 spiro atoms. The van der Waals surface area contributed by atoms with E-state index in [0.29, 0.717) is 31.6 Å². The van der Waals surface area contributed by atoms with Gasteiger partial charge < -0.3 is 14.7 Å². The van der Waals surface area contributed by atoms with E-state index in [1.165, 1.54) is 6.07 Å². The van der Waals surface area contributed by atoms with E-state index in [1.54, 1.807) is 30.1 Å². The van der Waals surface area contributed by atoms with Gasteiger partial charge in [-0.3, -0.25) is 14.4 Å². The minimum atomic E-state index is -4.55. The SMILES string of the molecule is CN(C(=O)C(c1ccccc1)c1ccccc1)[C@H](CN1CC[C@@H](O)C1)c1cccc(NS(=O)(=O)CCOCC(F)(F)F)c1. The second-order valence-electron chi connectivity index (χ2n) is 10.6. The molecule has 232 valence electrons. The Labute approximate surface area is 250 Å². The van der Waals surface area contributed by atoms with E-state index >= 15 is 0 Å². The second-order valence-corrected chi connectivity index (χ2v) is 12.5. The van der Waals surface area contributed by atoms with Crippen molar-refractivity contribution < 1.29 is 36.2 Å². The molecule has 0 aliphatic carbocycles. The van der Waals surface area contributed by atoms with Crippen LogP contribution in [0.3, 0.4) is 0 Å². The fourth-order valence-corrected chi connectivity index (χ4v) is 6.12. The predicted molar refractivity (Wildman–Crippen MR) is 158 cm³/mol. The van der Waals surface area contributed by atoms with E-state index in [-0.39, 0.29) is 11.6 Å². The van der Waals surface area contributed by atoms with Crippen LogP contribution in [0.25, 0.3) is 0 Å². The number of aliphatic hydroxyl groups is 1. The molecule has 2 N–H and O–H groups in total. The van der Waals surface area contributed by atoms with Crippen molar-refractivity contribution in [2.75, 3.05) is 50.4 Å². The van der Waals surface area contributed by atoms with Crippen LogP contribution in [0, 0.1) is 0 Å². The van der Waals surface area contributed by atoms with Crippen molar-refractivity contribution in [1.29, 1.82) is 0 Å². The lowest BCUT2D eigenvalue weighted by Crippen LogP contribution is -2.41. The van der Waals surface area contributed by atoms with Crippen LogP contribution in [0.5, 0.6) is 0 Å². The summed E-state index contributed by atoms with van der Waals surface area (Å²) in [5, 5.41) is 10.1. The number of aliphatic hydroxyl groups excluding tert-OH is 1. The Morgan fingerprint density at radius 2 is 1.63 bits per heavy atom. The molecule has 1 aliphatic rings. The highest BCUT2D eigenvalue weighted by atomic mass is 32.2. The van der Waals surface area contributed by atoms with Gasteiger partial charge in [-0.15, -0.1) is 0 Å². The third-order valence-electron chi connectivity index (χ3n) is 7.31. The molecule has 4 rings (SSSR count). The minimum Gasteiger partial charge on any atom is -0.392 e.